The Labute approximate surface area is 131 Å². The van der Waals surface area contributed by atoms with Gasteiger partial charge >= 0.3 is 0 Å². The molecule has 0 bridgehead atoms. The fourth-order valence-electron chi connectivity index (χ4n) is 2.75. The van der Waals surface area contributed by atoms with Crippen LogP contribution in [0, 0.1) is 11.3 Å². The van der Waals surface area contributed by atoms with Crippen molar-refractivity contribution in [2.24, 2.45) is 0 Å². The number of nitriles is 1. The molecule has 1 aromatic rings. The zero-order chi connectivity index (χ0) is 15.3. The second-order valence-electron chi connectivity index (χ2n) is 5.64. The highest BCUT2D eigenvalue weighted by atomic mass is 32.2. The summed E-state index contributed by atoms with van der Waals surface area (Å²) in [5.74, 6) is 0. The van der Waals surface area contributed by atoms with Gasteiger partial charge in [-0.25, -0.2) is 8.42 Å². The van der Waals surface area contributed by atoms with Gasteiger partial charge < -0.3 is 0 Å². The van der Waals surface area contributed by atoms with Crippen molar-refractivity contribution < 1.29 is 8.42 Å². The predicted molar refractivity (Wildman–Crippen MR) is 84.7 cm³/mol. The highest BCUT2D eigenvalue weighted by Crippen LogP contribution is 2.29. The van der Waals surface area contributed by atoms with E-state index in [4.69, 9.17) is 0 Å². The summed E-state index contributed by atoms with van der Waals surface area (Å²) < 4.78 is 28.1. The lowest BCUT2D eigenvalue weighted by Crippen LogP contribution is -2.47. The van der Waals surface area contributed by atoms with E-state index in [1.807, 2.05) is 13.0 Å². The number of aryl methyl sites for hydroxylation is 1. The third-order valence-corrected chi connectivity index (χ3v) is 7.26. The van der Waals surface area contributed by atoms with Crippen molar-refractivity contribution in [3.8, 4) is 6.07 Å². The van der Waals surface area contributed by atoms with Gasteiger partial charge in [0.15, 0.2) is 0 Å². The van der Waals surface area contributed by atoms with Crippen LogP contribution in [0.1, 0.15) is 56.7 Å². The first-order chi connectivity index (χ1) is 10.0. The molecule has 0 saturated heterocycles. The summed E-state index contributed by atoms with van der Waals surface area (Å²) in [4.78, 5) is 1.04. The number of hydrogen-bond donors (Lipinski definition) is 1. The average Bonchev–Trinajstić information content (AvgIpc) is 2.92. The summed E-state index contributed by atoms with van der Waals surface area (Å²) >= 11 is 1.29. The van der Waals surface area contributed by atoms with Crippen LogP contribution in [0.15, 0.2) is 16.3 Å². The second-order valence-corrected chi connectivity index (χ2v) is 8.72. The first kappa shape index (κ1) is 16.5. The third-order valence-electron chi connectivity index (χ3n) is 4.00. The maximum atomic E-state index is 12.5. The summed E-state index contributed by atoms with van der Waals surface area (Å²) in [6.07, 6.45) is 7.17. The lowest BCUT2D eigenvalue weighted by molar-refractivity contribution is 0.357. The van der Waals surface area contributed by atoms with E-state index in [2.05, 4.69) is 10.8 Å². The molecule has 1 N–H and O–H groups in total. The molecule has 0 amide bonds. The molecule has 0 spiro atoms. The zero-order valence-corrected chi connectivity index (χ0v) is 14.0. The van der Waals surface area contributed by atoms with Crippen LogP contribution in [0.4, 0.5) is 0 Å². The Balaban J connectivity index is 2.21. The highest BCUT2D eigenvalue weighted by Gasteiger charge is 2.35. The minimum Gasteiger partial charge on any atom is -0.206 e. The lowest BCUT2D eigenvalue weighted by Gasteiger charge is -2.29. The predicted octanol–water partition coefficient (Wildman–Crippen LogP) is 3.60. The Hall–Kier alpha value is -0.900. The third kappa shape index (κ3) is 4.06. The smallest absolute Gasteiger partial charge is 0.206 e. The minimum absolute atomic E-state index is 0.316. The zero-order valence-electron chi connectivity index (χ0n) is 12.4. The highest BCUT2D eigenvalue weighted by molar-refractivity contribution is 7.91. The molecule has 116 valence electrons. The van der Waals surface area contributed by atoms with Gasteiger partial charge in [-0.15, -0.1) is 11.3 Å². The number of thiophene rings is 1. The number of sulfonamides is 1. The molecule has 1 aliphatic carbocycles. The van der Waals surface area contributed by atoms with Gasteiger partial charge in [0.2, 0.25) is 0 Å². The molecule has 0 aromatic carbocycles. The van der Waals surface area contributed by atoms with Gasteiger partial charge in [0.05, 0.1) is 6.07 Å². The van der Waals surface area contributed by atoms with Gasteiger partial charge in [0.1, 0.15) is 9.75 Å². The quantitative estimate of drug-likeness (QED) is 0.919. The largest absolute Gasteiger partial charge is 0.251 e. The van der Waals surface area contributed by atoms with Gasteiger partial charge in [0, 0.05) is 4.88 Å². The molecule has 21 heavy (non-hydrogen) atoms. The average molecular weight is 326 g/mol. The van der Waals surface area contributed by atoms with Gasteiger partial charge in [0.25, 0.3) is 10.0 Å². The van der Waals surface area contributed by atoms with Crippen LogP contribution in [0.3, 0.4) is 0 Å². The van der Waals surface area contributed by atoms with Gasteiger partial charge in [-0.1, -0.05) is 39.0 Å². The molecule has 1 saturated carbocycles. The monoisotopic (exact) mass is 326 g/mol. The van der Waals surface area contributed by atoms with Gasteiger partial charge in [-0.3, -0.25) is 0 Å². The molecule has 0 radical (unpaired) electrons. The van der Waals surface area contributed by atoms with Crippen LogP contribution in [0.25, 0.3) is 0 Å². The van der Waals surface area contributed by atoms with Crippen molar-refractivity contribution in [2.45, 2.75) is 68.0 Å². The molecule has 1 heterocycles. The van der Waals surface area contributed by atoms with Crippen molar-refractivity contribution in [1.82, 2.24) is 4.72 Å². The number of nitrogens with one attached hydrogen (secondary N) is 1. The Morgan fingerprint density at radius 1 is 1.24 bits per heavy atom. The van der Waals surface area contributed by atoms with Crippen LogP contribution in [0.5, 0.6) is 0 Å². The molecule has 1 aromatic heterocycles. The molecule has 0 unspecified atom stereocenters. The Morgan fingerprint density at radius 2 is 1.86 bits per heavy atom. The molecule has 6 heteroatoms. The van der Waals surface area contributed by atoms with E-state index >= 15 is 0 Å². The van der Waals surface area contributed by atoms with Crippen molar-refractivity contribution in [3.05, 3.63) is 17.0 Å². The molecular formula is C15H22N2O2S2. The summed E-state index contributed by atoms with van der Waals surface area (Å²) in [6.45, 7) is 2.00. The fourth-order valence-corrected chi connectivity index (χ4v) is 5.42. The van der Waals surface area contributed by atoms with Crippen LogP contribution in [-0.4, -0.2) is 14.0 Å². The summed E-state index contributed by atoms with van der Waals surface area (Å²) in [6, 6.07) is 5.73. The number of nitrogens with zero attached hydrogens (tertiary/aromatic N) is 1. The molecule has 4 nitrogen and oxygen atoms in total. The van der Waals surface area contributed by atoms with Gasteiger partial charge in [-0.2, -0.15) is 9.98 Å². The fraction of sp³-hybridized carbons (Fsp3) is 0.667. The molecule has 2 rings (SSSR count). The van der Waals surface area contributed by atoms with Crippen molar-refractivity contribution in [2.75, 3.05) is 0 Å². The van der Waals surface area contributed by atoms with E-state index in [9.17, 15) is 13.7 Å². The maximum absolute atomic E-state index is 12.5. The van der Waals surface area contributed by atoms with Crippen LogP contribution >= 0.6 is 11.3 Å². The molecule has 0 atom stereocenters. The number of rotatable bonds is 4. The van der Waals surface area contributed by atoms with Crippen LogP contribution in [0.2, 0.25) is 0 Å². The molecule has 0 aliphatic heterocycles. The van der Waals surface area contributed by atoms with E-state index in [0.29, 0.717) is 17.1 Å². The van der Waals surface area contributed by atoms with E-state index in [1.165, 1.54) is 17.8 Å². The van der Waals surface area contributed by atoms with Crippen LogP contribution < -0.4 is 4.72 Å². The second kappa shape index (κ2) is 6.91. The van der Waals surface area contributed by atoms with Crippen molar-refractivity contribution >= 4 is 21.4 Å². The SMILES string of the molecule is CCc1ccc(S(=O)(=O)NC2(C#N)CCCCCCC2)s1. The van der Waals surface area contributed by atoms with E-state index < -0.39 is 15.6 Å². The Morgan fingerprint density at radius 3 is 2.38 bits per heavy atom. The Kier molecular flexibility index (Phi) is 5.42. The van der Waals surface area contributed by atoms with Crippen LogP contribution in [-0.2, 0) is 16.4 Å². The topological polar surface area (TPSA) is 70.0 Å². The number of hydrogen-bond acceptors (Lipinski definition) is 4. The summed E-state index contributed by atoms with van der Waals surface area (Å²) in [7, 11) is -3.60. The lowest BCUT2D eigenvalue weighted by atomic mass is 9.86. The first-order valence-corrected chi connectivity index (χ1v) is 9.85. The standard InChI is InChI=1S/C15H22N2O2S2/c1-2-13-8-9-14(20-13)21(18,19)17-15(12-16)10-6-4-3-5-7-11-15/h8-9,17H,2-7,10-11H2,1H3. The van der Waals surface area contributed by atoms with E-state index in [1.54, 1.807) is 6.07 Å². The van der Waals surface area contributed by atoms with E-state index in [0.717, 1.165) is 37.0 Å². The van der Waals surface area contributed by atoms with E-state index in [-0.39, 0.29) is 0 Å². The molecule has 1 aliphatic rings. The summed E-state index contributed by atoms with van der Waals surface area (Å²) in [5.41, 5.74) is -0.935. The van der Waals surface area contributed by atoms with Gasteiger partial charge in [-0.05, 0) is 31.4 Å². The summed E-state index contributed by atoms with van der Waals surface area (Å²) in [5, 5.41) is 9.55. The van der Waals surface area contributed by atoms with Crippen molar-refractivity contribution in [3.63, 3.8) is 0 Å². The van der Waals surface area contributed by atoms with Crippen molar-refractivity contribution in [1.29, 1.82) is 5.26 Å². The normalized spacial score (nSPS) is 19.4. The maximum Gasteiger partial charge on any atom is 0.251 e. The minimum atomic E-state index is -3.60. The molecule has 1 fully saturated rings. The first-order valence-electron chi connectivity index (χ1n) is 7.55. The molecular weight excluding hydrogens is 304 g/mol. The Bertz CT molecular complexity index is 606.